The van der Waals surface area contributed by atoms with Gasteiger partial charge in [-0.15, -0.1) is 0 Å². The Morgan fingerprint density at radius 2 is 1.81 bits per heavy atom. The first-order valence-electron chi connectivity index (χ1n) is 7.75. The highest BCUT2D eigenvalue weighted by atomic mass is 19.1. The van der Waals surface area contributed by atoms with E-state index in [2.05, 4.69) is 5.32 Å². The molecule has 3 aromatic rings. The van der Waals surface area contributed by atoms with Crippen LogP contribution in [0, 0.1) is 5.82 Å². The van der Waals surface area contributed by atoms with Crippen LogP contribution in [-0.2, 0) is 9.53 Å². The fraction of sp³-hybridized carbons (Fsp3) is 0.105. The average molecular weight is 355 g/mol. The smallest absolute Gasteiger partial charge is 0.351 e. The van der Waals surface area contributed by atoms with Crippen molar-refractivity contribution in [2.24, 2.45) is 0 Å². The quantitative estimate of drug-likeness (QED) is 0.574. The van der Waals surface area contributed by atoms with E-state index in [1.54, 1.807) is 30.3 Å². The van der Waals surface area contributed by atoms with Crippen LogP contribution in [0.2, 0.25) is 0 Å². The van der Waals surface area contributed by atoms with E-state index in [1.165, 1.54) is 31.2 Å². The van der Waals surface area contributed by atoms with E-state index < -0.39 is 29.4 Å². The van der Waals surface area contributed by atoms with Crippen LogP contribution in [0.1, 0.15) is 17.3 Å². The van der Waals surface area contributed by atoms with Crippen LogP contribution >= 0.6 is 0 Å². The van der Waals surface area contributed by atoms with E-state index in [0.717, 1.165) is 0 Å². The molecule has 0 aliphatic carbocycles. The summed E-state index contributed by atoms with van der Waals surface area (Å²) in [6.07, 6.45) is -1.24. The van der Waals surface area contributed by atoms with Gasteiger partial charge in [0.1, 0.15) is 17.0 Å². The molecule has 1 atom stereocenters. The molecule has 0 aliphatic rings. The second-order valence-electron chi connectivity index (χ2n) is 5.50. The number of hydrogen-bond acceptors (Lipinski definition) is 5. The van der Waals surface area contributed by atoms with Gasteiger partial charge in [-0.3, -0.25) is 4.79 Å². The first kappa shape index (κ1) is 17.3. The lowest BCUT2D eigenvalue weighted by atomic mass is 10.2. The number of carbonyl (C=O) groups excluding carboxylic acids is 2. The molecule has 3 rings (SSSR count). The van der Waals surface area contributed by atoms with Crippen molar-refractivity contribution in [1.82, 2.24) is 0 Å². The van der Waals surface area contributed by atoms with Crippen LogP contribution < -0.4 is 10.9 Å². The third-order valence-corrected chi connectivity index (χ3v) is 3.65. The summed E-state index contributed by atoms with van der Waals surface area (Å²) in [5, 5.41) is 2.86. The van der Waals surface area contributed by atoms with Gasteiger partial charge in [0.05, 0.1) is 5.69 Å². The molecule has 0 spiro atoms. The summed E-state index contributed by atoms with van der Waals surface area (Å²) >= 11 is 0. The molecule has 0 saturated heterocycles. The lowest BCUT2D eigenvalue weighted by Gasteiger charge is -2.13. The van der Waals surface area contributed by atoms with Gasteiger partial charge in [-0.2, -0.15) is 0 Å². The van der Waals surface area contributed by atoms with Crippen LogP contribution in [0.4, 0.5) is 10.1 Å². The van der Waals surface area contributed by atoms with Crippen molar-refractivity contribution < 1.29 is 23.1 Å². The van der Waals surface area contributed by atoms with Crippen LogP contribution in [0.25, 0.3) is 11.0 Å². The molecular formula is C19H14FNO5. The molecule has 0 saturated carbocycles. The number of anilines is 1. The zero-order valence-electron chi connectivity index (χ0n) is 13.7. The molecule has 1 amide bonds. The second-order valence-corrected chi connectivity index (χ2v) is 5.50. The van der Waals surface area contributed by atoms with Crippen molar-refractivity contribution in [3.63, 3.8) is 0 Å². The van der Waals surface area contributed by atoms with Gasteiger partial charge in [0.2, 0.25) is 0 Å². The zero-order valence-corrected chi connectivity index (χ0v) is 13.7. The first-order valence-corrected chi connectivity index (χ1v) is 7.75. The Kier molecular flexibility index (Phi) is 4.79. The van der Waals surface area contributed by atoms with Crippen molar-refractivity contribution in [2.75, 3.05) is 5.32 Å². The number of carbonyl (C=O) groups is 2. The van der Waals surface area contributed by atoms with E-state index in [1.807, 2.05) is 0 Å². The van der Waals surface area contributed by atoms with Gasteiger partial charge in [0, 0.05) is 5.39 Å². The van der Waals surface area contributed by atoms with Crippen LogP contribution in [0.3, 0.4) is 0 Å². The number of nitrogens with one attached hydrogen (secondary N) is 1. The maximum absolute atomic E-state index is 13.6. The molecule has 6 nitrogen and oxygen atoms in total. The molecule has 0 fully saturated rings. The van der Waals surface area contributed by atoms with Crippen molar-refractivity contribution in [3.8, 4) is 0 Å². The predicted octanol–water partition coefficient (Wildman–Crippen LogP) is 3.12. The summed E-state index contributed by atoms with van der Waals surface area (Å²) in [6, 6.07) is 13.6. The normalized spacial score (nSPS) is 11.8. The van der Waals surface area contributed by atoms with Crippen molar-refractivity contribution in [3.05, 3.63) is 76.4 Å². The van der Waals surface area contributed by atoms with E-state index in [4.69, 9.17) is 9.15 Å². The largest absolute Gasteiger partial charge is 0.449 e. The molecule has 1 aromatic heterocycles. The number of fused-ring (bicyclic) bond motifs is 1. The summed E-state index contributed by atoms with van der Waals surface area (Å²) in [4.78, 5) is 36.2. The van der Waals surface area contributed by atoms with E-state index in [-0.39, 0.29) is 11.3 Å². The summed E-state index contributed by atoms with van der Waals surface area (Å²) in [6.45, 7) is 1.32. The van der Waals surface area contributed by atoms with Gasteiger partial charge in [0.25, 0.3) is 5.91 Å². The lowest BCUT2D eigenvalue weighted by molar-refractivity contribution is -0.123. The molecule has 0 bridgehead atoms. The molecule has 1 N–H and O–H groups in total. The number of hydrogen-bond donors (Lipinski definition) is 1. The first-order chi connectivity index (χ1) is 12.5. The SMILES string of the molecule is C[C@H](OC(=O)c1cc2ccccc2oc1=O)C(=O)Nc1ccccc1F. The minimum absolute atomic E-state index is 0.0365. The summed E-state index contributed by atoms with van der Waals surface area (Å²) < 4.78 is 23.6. The number of ether oxygens (including phenoxy) is 1. The molecule has 132 valence electrons. The maximum Gasteiger partial charge on any atom is 0.351 e. The average Bonchev–Trinajstić information content (AvgIpc) is 2.62. The number of para-hydroxylation sites is 2. The maximum atomic E-state index is 13.6. The number of esters is 1. The summed E-state index contributed by atoms with van der Waals surface area (Å²) in [5.41, 5.74) is -0.894. The Morgan fingerprint density at radius 3 is 2.58 bits per heavy atom. The van der Waals surface area contributed by atoms with Gasteiger partial charge in [-0.05, 0) is 31.2 Å². The van der Waals surface area contributed by atoms with Gasteiger partial charge in [-0.1, -0.05) is 30.3 Å². The Balaban J connectivity index is 1.75. The zero-order chi connectivity index (χ0) is 18.7. The summed E-state index contributed by atoms with van der Waals surface area (Å²) in [7, 11) is 0. The molecule has 0 unspecified atom stereocenters. The highest BCUT2D eigenvalue weighted by Gasteiger charge is 2.22. The number of rotatable bonds is 4. The Bertz CT molecular complexity index is 1040. The standard InChI is InChI=1S/C19H14FNO5/c1-11(17(22)21-15-8-4-3-7-14(15)20)25-18(23)13-10-12-6-2-5-9-16(12)26-19(13)24/h2-11H,1H3,(H,21,22)/t11-/m0/s1. The minimum atomic E-state index is -1.24. The Labute approximate surface area is 147 Å². The third kappa shape index (κ3) is 3.61. The Hall–Kier alpha value is -3.48. The van der Waals surface area contributed by atoms with Gasteiger partial charge < -0.3 is 14.5 Å². The second kappa shape index (κ2) is 7.18. The molecule has 1 heterocycles. The molecule has 0 radical (unpaired) electrons. The topological polar surface area (TPSA) is 85.6 Å². The molecule has 7 heteroatoms. The van der Waals surface area contributed by atoms with Crippen LogP contribution in [0.15, 0.2) is 63.8 Å². The highest BCUT2D eigenvalue weighted by Crippen LogP contribution is 2.15. The van der Waals surface area contributed by atoms with Gasteiger partial charge in [-0.25, -0.2) is 14.0 Å². The van der Waals surface area contributed by atoms with Crippen molar-refractivity contribution in [1.29, 1.82) is 0 Å². The monoisotopic (exact) mass is 355 g/mol. The van der Waals surface area contributed by atoms with E-state index in [0.29, 0.717) is 11.0 Å². The molecule has 26 heavy (non-hydrogen) atoms. The van der Waals surface area contributed by atoms with Crippen molar-refractivity contribution >= 4 is 28.5 Å². The third-order valence-electron chi connectivity index (χ3n) is 3.65. The fourth-order valence-electron chi connectivity index (χ4n) is 2.28. The summed E-state index contributed by atoms with van der Waals surface area (Å²) in [5.74, 6) is -2.34. The molecule has 0 aliphatic heterocycles. The minimum Gasteiger partial charge on any atom is -0.449 e. The number of halogens is 1. The lowest BCUT2D eigenvalue weighted by Crippen LogP contribution is -2.31. The van der Waals surface area contributed by atoms with Gasteiger partial charge >= 0.3 is 11.6 Å². The van der Waals surface area contributed by atoms with E-state index in [9.17, 15) is 18.8 Å². The van der Waals surface area contributed by atoms with Crippen LogP contribution in [-0.4, -0.2) is 18.0 Å². The molecule has 2 aromatic carbocycles. The molecular weight excluding hydrogens is 341 g/mol. The van der Waals surface area contributed by atoms with Gasteiger partial charge in [0.15, 0.2) is 6.10 Å². The Morgan fingerprint density at radius 1 is 1.12 bits per heavy atom. The highest BCUT2D eigenvalue weighted by molar-refractivity contribution is 5.98. The van der Waals surface area contributed by atoms with Crippen LogP contribution in [0.5, 0.6) is 0 Å². The number of benzene rings is 2. The van der Waals surface area contributed by atoms with Crippen molar-refractivity contribution in [2.45, 2.75) is 13.0 Å². The van der Waals surface area contributed by atoms with E-state index >= 15 is 0 Å². The number of amides is 1. The fourth-order valence-corrected chi connectivity index (χ4v) is 2.28. The predicted molar refractivity (Wildman–Crippen MR) is 92.4 cm³/mol.